The van der Waals surface area contributed by atoms with E-state index in [2.05, 4.69) is 15.5 Å². The molecule has 0 saturated carbocycles. The molecule has 5 rings (SSSR count). The van der Waals surface area contributed by atoms with E-state index in [1.54, 1.807) is 34.7 Å². The molecule has 0 aliphatic carbocycles. The number of thiophene rings is 1. The van der Waals surface area contributed by atoms with Crippen molar-refractivity contribution in [1.29, 1.82) is 0 Å². The van der Waals surface area contributed by atoms with Crippen molar-refractivity contribution in [3.63, 3.8) is 0 Å². The van der Waals surface area contributed by atoms with Crippen molar-refractivity contribution in [3.05, 3.63) is 94.2 Å². The first-order valence-electron chi connectivity index (χ1n) is 11.3. The number of hydrogen-bond acceptors (Lipinski definition) is 6. The molecule has 0 radical (unpaired) electrons. The average Bonchev–Trinajstić information content (AvgIpc) is 3.61. The molecule has 10 heteroatoms. The van der Waals surface area contributed by atoms with Crippen LogP contribution < -0.4 is 10.9 Å². The normalized spacial score (nSPS) is 12.0. The predicted octanol–water partition coefficient (Wildman–Crippen LogP) is 4.91. The van der Waals surface area contributed by atoms with Gasteiger partial charge in [-0.1, -0.05) is 54.2 Å². The third kappa shape index (κ3) is 4.40. The second-order valence-electron chi connectivity index (χ2n) is 8.14. The number of carbonyl (C=O) groups is 1. The fraction of sp³-hybridized carbons (Fsp3) is 0.154. The Morgan fingerprint density at radius 1 is 0.972 bits per heavy atom. The fourth-order valence-corrected chi connectivity index (χ4v) is 5.44. The number of aromatic nitrogens is 5. The van der Waals surface area contributed by atoms with Crippen LogP contribution in [0, 0.1) is 6.92 Å². The average molecular weight is 517 g/mol. The van der Waals surface area contributed by atoms with Gasteiger partial charge in [0.15, 0.2) is 11.0 Å². The summed E-state index contributed by atoms with van der Waals surface area (Å²) in [6.07, 6.45) is 0. The van der Waals surface area contributed by atoms with Crippen LogP contribution in [0.1, 0.15) is 12.6 Å². The fourth-order valence-electron chi connectivity index (χ4n) is 3.87. The Labute approximate surface area is 216 Å². The van der Waals surface area contributed by atoms with Crippen LogP contribution in [0.2, 0.25) is 0 Å². The van der Waals surface area contributed by atoms with Crippen LogP contribution in [0.5, 0.6) is 0 Å². The van der Waals surface area contributed by atoms with Gasteiger partial charge in [-0.15, -0.1) is 21.5 Å². The third-order valence-electron chi connectivity index (χ3n) is 5.84. The van der Waals surface area contributed by atoms with E-state index in [9.17, 15) is 9.59 Å². The van der Waals surface area contributed by atoms with Crippen LogP contribution in [0.15, 0.2) is 88.1 Å². The van der Waals surface area contributed by atoms with Crippen molar-refractivity contribution in [2.24, 2.45) is 7.05 Å². The summed E-state index contributed by atoms with van der Waals surface area (Å²) >= 11 is 2.87. The molecule has 0 aliphatic heterocycles. The minimum atomic E-state index is -0.531. The lowest BCUT2D eigenvalue weighted by Crippen LogP contribution is -2.27. The van der Waals surface area contributed by atoms with Gasteiger partial charge in [0.1, 0.15) is 5.69 Å². The number of amides is 1. The summed E-state index contributed by atoms with van der Waals surface area (Å²) in [6, 6.07) is 23.1. The topological polar surface area (TPSA) is 86.7 Å². The predicted molar refractivity (Wildman–Crippen MR) is 144 cm³/mol. The SMILES string of the molecule is Cc1c(NC(=O)C(C)Sc2nnc(-c3cccs3)n2-c2ccccc2)c(=O)n(-c2ccccc2)n1C. The van der Waals surface area contributed by atoms with Crippen LogP contribution in [0.25, 0.3) is 22.1 Å². The van der Waals surface area contributed by atoms with E-state index in [1.165, 1.54) is 11.8 Å². The highest BCUT2D eigenvalue weighted by atomic mass is 32.2. The van der Waals surface area contributed by atoms with Crippen molar-refractivity contribution in [3.8, 4) is 22.1 Å². The highest BCUT2D eigenvalue weighted by molar-refractivity contribution is 8.00. The van der Waals surface area contributed by atoms with Crippen molar-refractivity contribution < 1.29 is 4.79 Å². The number of benzene rings is 2. The van der Waals surface area contributed by atoms with Gasteiger partial charge >= 0.3 is 0 Å². The maximum atomic E-state index is 13.2. The number of nitrogens with zero attached hydrogens (tertiary/aromatic N) is 5. The van der Waals surface area contributed by atoms with Gasteiger partial charge in [0.2, 0.25) is 5.91 Å². The maximum Gasteiger partial charge on any atom is 0.295 e. The number of nitrogens with one attached hydrogen (secondary N) is 1. The first-order valence-corrected chi connectivity index (χ1v) is 13.1. The standard InChI is InChI=1S/C26H24N6O2S2/c1-17-22(25(34)32(30(17)3)20-13-8-5-9-14-20)27-24(33)18(2)36-26-29-28-23(21-15-10-16-35-21)31(26)19-11-6-4-7-12-19/h4-16,18H,1-3H3,(H,27,33). The molecule has 0 bridgehead atoms. The highest BCUT2D eigenvalue weighted by Gasteiger charge is 2.25. The third-order valence-corrected chi connectivity index (χ3v) is 7.75. The summed E-state index contributed by atoms with van der Waals surface area (Å²) in [5.74, 6) is 0.433. The maximum absolute atomic E-state index is 13.2. The van der Waals surface area contributed by atoms with Crippen molar-refractivity contribution in [2.45, 2.75) is 24.3 Å². The van der Waals surface area contributed by atoms with E-state index < -0.39 is 5.25 Å². The van der Waals surface area contributed by atoms with E-state index in [0.29, 0.717) is 10.9 Å². The van der Waals surface area contributed by atoms with E-state index >= 15 is 0 Å². The molecule has 3 heterocycles. The molecule has 1 N–H and O–H groups in total. The number of para-hydroxylation sites is 2. The Bertz CT molecular complexity index is 1550. The molecular formula is C26H24N6O2S2. The Balaban J connectivity index is 1.43. The molecule has 3 aromatic heterocycles. The molecule has 5 aromatic rings. The monoisotopic (exact) mass is 516 g/mol. The molecule has 1 amide bonds. The molecule has 1 unspecified atom stereocenters. The zero-order valence-electron chi connectivity index (χ0n) is 20.0. The van der Waals surface area contributed by atoms with Crippen LogP contribution in [0.4, 0.5) is 5.69 Å². The Hall–Kier alpha value is -3.89. The smallest absolute Gasteiger partial charge is 0.295 e. The molecule has 0 spiro atoms. The Morgan fingerprint density at radius 3 is 2.28 bits per heavy atom. The summed E-state index contributed by atoms with van der Waals surface area (Å²) in [6.45, 7) is 3.61. The van der Waals surface area contributed by atoms with Gasteiger partial charge in [-0.05, 0) is 49.6 Å². The minimum absolute atomic E-state index is 0.266. The van der Waals surface area contributed by atoms with Crippen LogP contribution in [0.3, 0.4) is 0 Å². The molecule has 0 saturated heterocycles. The molecule has 0 aliphatic rings. The van der Waals surface area contributed by atoms with Gasteiger partial charge in [-0.2, -0.15) is 0 Å². The number of rotatable bonds is 7. The summed E-state index contributed by atoms with van der Waals surface area (Å²) in [4.78, 5) is 27.4. The molecule has 8 nitrogen and oxygen atoms in total. The quantitative estimate of drug-likeness (QED) is 0.311. The van der Waals surface area contributed by atoms with E-state index in [-0.39, 0.29) is 17.2 Å². The van der Waals surface area contributed by atoms with Crippen molar-refractivity contribution in [1.82, 2.24) is 24.1 Å². The van der Waals surface area contributed by atoms with Gasteiger partial charge in [0, 0.05) is 12.7 Å². The van der Waals surface area contributed by atoms with Crippen molar-refractivity contribution >= 4 is 34.7 Å². The van der Waals surface area contributed by atoms with E-state index in [1.807, 2.05) is 89.7 Å². The molecule has 182 valence electrons. The zero-order chi connectivity index (χ0) is 25.2. The molecule has 36 heavy (non-hydrogen) atoms. The first-order chi connectivity index (χ1) is 17.5. The first kappa shape index (κ1) is 23.8. The Morgan fingerprint density at radius 2 is 1.64 bits per heavy atom. The summed E-state index contributed by atoms with van der Waals surface area (Å²) in [5, 5.41) is 13.7. The van der Waals surface area contributed by atoms with Crippen LogP contribution >= 0.6 is 23.1 Å². The van der Waals surface area contributed by atoms with Crippen molar-refractivity contribution in [2.75, 3.05) is 5.32 Å². The second kappa shape index (κ2) is 10.00. The summed E-state index contributed by atoms with van der Waals surface area (Å²) < 4.78 is 5.24. The summed E-state index contributed by atoms with van der Waals surface area (Å²) in [5.41, 5.74) is 2.29. The summed E-state index contributed by atoms with van der Waals surface area (Å²) in [7, 11) is 1.80. The van der Waals surface area contributed by atoms with Gasteiger partial charge in [-0.25, -0.2) is 4.68 Å². The molecular weight excluding hydrogens is 492 g/mol. The largest absolute Gasteiger partial charge is 0.319 e. The van der Waals surface area contributed by atoms with E-state index in [0.717, 1.165) is 22.1 Å². The second-order valence-corrected chi connectivity index (χ2v) is 10.4. The van der Waals surface area contributed by atoms with Gasteiger partial charge in [0.05, 0.1) is 21.5 Å². The van der Waals surface area contributed by atoms with Gasteiger partial charge in [-0.3, -0.25) is 18.8 Å². The molecule has 0 fully saturated rings. The van der Waals surface area contributed by atoms with Crippen LogP contribution in [-0.2, 0) is 11.8 Å². The lowest BCUT2D eigenvalue weighted by molar-refractivity contribution is -0.115. The van der Waals surface area contributed by atoms with E-state index in [4.69, 9.17) is 0 Å². The number of carbonyl (C=O) groups excluding carboxylic acids is 1. The lowest BCUT2D eigenvalue weighted by atomic mass is 10.3. The lowest BCUT2D eigenvalue weighted by Gasteiger charge is -2.13. The van der Waals surface area contributed by atoms with Gasteiger partial charge < -0.3 is 5.32 Å². The number of anilines is 1. The molecule has 2 aromatic carbocycles. The van der Waals surface area contributed by atoms with Gasteiger partial charge in [0.25, 0.3) is 5.56 Å². The number of thioether (sulfide) groups is 1. The highest BCUT2D eigenvalue weighted by Crippen LogP contribution is 2.32. The minimum Gasteiger partial charge on any atom is -0.319 e. The zero-order valence-corrected chi connectivity index (χ0v) is 21.6. The van der Waals surface area contributed by atoms with Crippen LogP contribution in [-0.4, -0.2) is 35.3 Å². The number of hydrogen-bond donors (Lipinski definition) is 1. The molecule has 1 atom stereocenters. The Kier molecular flexibility index (Phi) is 6.62.